The van der Waals surface area contributed by atoms with Crippen molar-refractivity contribution in [2.24, 2.45) is 0 Å². The van der Waals surface area contributed by atoms with E-state index in [1.807, 2.05) is 31.2 Å². The highest BCUT2D eigenvalue weighted by Crippen LogP contribution is 2.36. The van der Waals surface area contributed by atoms with Crippen LogP contribution in [-0.4, -0.2) is 20.6 Å². The lowest BCUT2D eigenvalue weighted by Gasteiger charge is -2.24. The molecule has 130 valence electrons. The molecule has 3 rings (SSSR count). The molecule has 1 aromatic carbocycles. The normalized spacial score (nSPS) is 11.9. The maximum Gasteiger partial charge on any atom is 0.329 e. The molecule has 2 aromatic heterocycles. The van der Waals surface area contributed by atoms with E-state index in [0.717, 1.165) is 20.5 Å². The zero-order valence-electron chi connectivity index (χ0n) is 14.3. The minimum Gasteiger partial charge on any atom is -0.480 e. The Morgan fingerprint density at radius 1 is 1.24 bits per heavy atom. The zero-order chi connectivity index (χ0) is 18.5. The second kappa shape index (κ2) is 6.07. The first-order chi connectivity index (χ1) is 11.6. The average Bonchev–Trinajstić information content (AvgIpc) is 2.84. The number of carboxylic acid groups (broad SMARTS) is 1. The number of fused-ring (bicyclic) bond motifs is 1. The molecule has 5 nitrogen and oxygen atoms in total. The first-order valence-corrected chi connectivity index (χ1v) is 9.28. The Balaban J connectivity index is 2.42. The van der Waals surface area contributed by atoms with Crippen molar-refractivity contribution in [3.8, 4) is 11.1 Å². The fourth-order valence-corrected chi connectivity index (χ4v) is 4.33. The van der Waals surface area contributed by atoms with Crippen LogP contribution in [0.5, 0.6) is 0 Å². The maximum atomic E-state index is 13.2. The van der Waals surface area contributed by atoms with Crippen molar-refractivity contribution in [3.63, 3.8) is 0 Å². The molecule has 0 aliphatic carbocycles. The summed E-state index contributed by atoms with van der Waals surface area (Å²) in [7, 11) is 0. The van der Waals surface area contributed by atoms with Crippen LogP contribution in [0.2, 0.25) is 0 Å². The lowest BCUT2D eigenvalue weighted by molar-refractivity contribution is -0.145. The highest BCUT2D eigenvalue weighted by Gasteiger charge is 2.33. The molecule has 2 heterocycles. The van der Waals surface area contributed by atoms with Crippen molar-refractivity contribution in [2.45, 2.75) is 33.2 Å². The van der Waals surface area contributed by atoms with E-state index in [0.29, 0.717) is 16.0 Å². The third-order valence-corrected chi connectivity index (χ3v) is 5.81. The van der Waals surface area contributed by atoms with Gasteiger partial charge in [0.1, 0.15) is 16.2 Å². The van der Waals surface area contributed by atoms with Gasteiger partial charge in [-0.1, -0.05) is 28.1 Å². The van der Waals surface area contributed by atoms with Gasteiger partial charge in [0.05, 0.1) is 5.39 Å². The van der Waals surface area contributed by atoms with Crippen LogP contribution in [0.3, 0.4) is 0 Å². The molecule has 0 aliphatic rings. The highest BCUT2D eigenvalue weighted by molar-refractivity contribution is 9.10. The minimum absolute atomic E-state index is 0.322. The smallest absolute Gasteiger partial charge is 0.329 e. The topological polar surface area (TPSA) is 72.2 Å². The van der Waals surface area contributed by atoms with Crippen LogP contribution >= 0.6 is 27.3 Å². The van der Waals surface area contributed by atoms with Gasteiger partial charge in [-0.05, 0) is 45.4 Å². The lowest BCUT2D eigenvalue weighted by Crippen LogP contribution is -2.44. The van der Waals surface area contributed by atoms with E-state index in [4.69, 9.17) is 0 Å². The number of carbonyl (C=O) groups is 1. The van der Waals surface area contributed by atoms with Gasteiger partial charge in [-0.3, -0.25) is 9.36 Å². The van der Waals surface area contributed by atoms with Crippen molar-refractivity contribution in [3.05, 3.63) is 49.8 Å². The van der Waals surface area contributed by atoms with Crippen molar-refractivity contribution in [1.29, 1.82) is 0 Å². The number of aliphatic carboxylic acids is 1. The summed E-state index contributed by atoms with van der Waals surface area (Å²) < 4.78 is 2.22. The molecule has 0 amide bonds. The fourth-order valence-electron chi connectivity index (χ4n) is 2.98. The van der Waals surface area contributed by atoms with Crippen LogP contribution in [0.4, 0.5) is 0 Å². The summed E-state index contributed by atoms with van der Waals surface area (Å²) in [5, 5.41) is 10.0. The van der Waals surface area contributed by atoms with Crippen molar-refractivity contribution >= 4 is 43.5 Å². The summed E-state index contributed by atoms with van der Waals surface area (Å²) >= 11 is 4.86. The number of aromatic nitrogens is 2. The molecule has 0 spiro atoms. The predicted octanol–water partition coefficient (Wildman–Crippen LogP) is 4.32. The largest absolute Gasteiger partial charge is 0.480 e. The molecule has 0 fully saturated rings. The van der Waals surface area contributed by atoms with E-state index in [9.17, 15) is 14.7 Å². The number of nitrogens with zero attached hydrogens (tertiary/aromatic N) is 2. The van der Waals surface area contributed by atoms with Crippen molar-refractivity contribution in [2.75, 3.05) is 0 Å². The van der Waals surface area contributed by atoms with Gasteiger partial charge >= 0.3 is 5.97 Å². The summed E-state index contributed by atoms with van der Waals surface area (Å²) in [5.41, 5.74) is 0.0290. The van der Waals surface area contributed by atoms with E-state index >= 15 is 0 Å². The number of halogens is 1. The van der Waals surface area contributed by atoms with Crippen LogP contribution in [0, 0.1) is 13.8 Å². The van der Waals surface area contributed by atoms with Gasteiger partial charge in [-0.25, -0.2) is 9.78 Å². The molecule has 7 heteroatoms. The van der Waals surface area contributed by atoms with Gasteiger partial charge in [0.2, 0.25) is 0 Å². The molecule has 25 heavy (non-hydrogen) atoms. The molecular weight excluding hydrogens is 404 g/mol. The van der Waals surface area contributed by atoms with Gasteiger partial charge in [-0.15, -0.1) is 11.3 Å². The summed E-state index contributed by atoms with van der Waals surface area (Å²) in [5.74, 6) is -0.676. The van der Waals surface area contributed by atoms with E-state index in [1.165, 1.54) is 29.8 Å². The van der Waals surface area contributed by atoms with Crippen LogP contribution in [0.25, 0.3) is 21.3 Å². The fraction of sp³-hybridized carbons (Fsp3) is 0.278. The molecule has 0 atom stereocenters. The van der Waals surface area contributed by atoms with Gasteiger partial charge in [-0.2, -0.15) is 0 Å². The second-order valence-corrected chi connectivity index (χ2v) is 8.50. The Labute approximate surface area is 157 Å². The number of aryl methyl sites for hydroxylation is 2. The van der Waals surface area contributed by atoms with Crippen LogP contribution in [0.15, 0.2) is 33.5 Å². The number of carboxylic acids is 1. The second-order valence-electron chi connectivity index (χ2n) is 6.38. The van der Waals surface area contributed by atoms with Crippen LogP contribution in [-0.2, 0) is 10.3 Å². The molecule has 0 unspecified atom stereocenters. The first-order valence-electron chi connectivity index (χ1n) is 7.67. The van der Waals surface area contributed by atoms with Crippen LogP contribution < -0.4 is 5.56 Å². The van der Waals surface area contributed by atoms with Gasteiger partial charge in [0.15, 0.2) is 0 Å². The molecule has 3 aromatic rings. The number of thiophene rings is 1. The van der Waals surface area contributed by atoms with E-state index in [-0.39, 0.29) is 5.56 Å². The molecular formula is C18H17BrN2O3S. The third kappa shape index (κ3) is 2.81. The Morgan fingerprint density at radius 3 is 2.40 bits per heavy atom. The molecule has 0 radical (unpaired) electrons. The molecule has 0 aliphatic heterocycles. The molecule has 0 bridgehead atoms. The zero-order valence-corrected chi connectivity index (χ0v) is 16.7. The highest BCUT2D eigenvalue weighted by atomic mass is 79.9. The first kappa shape index (κ1) is 17.8. The molecule has 1 N–H and O–H groups in total. The Bertz CT molecular complexity index is 1050. The van der Waals surface area contributed by atoms with Crippen molar-refractivity contribution in [1.82, 2.24) is 9.55 Å². The number of rotatable bonds is 3. The minimum atomic E-state index is -1.38. The van der Waals surface area contributed by atoms with E-state index in [2.05, 4.69) is 20.9 Å². The maximum absolute atomic E-state index is 13.2. The number of hydrogen-bond donors (Lipinski definition) is 1. The Morgan fingerprint density at radius 2 is 1.84 bits per heavy atom. The SMILES string of the molecule is Cc1sc2nc(C)n(C(C)(C)C(=O)O)c(=O)c2c1-c1ccc(Br)cc1. The third-order valence-electron chi connectivity index (χ3n) is 4.28. The summed E-state index contributed by atoms with van der Waals surface area (Å²) in [4.78, 5) is 31.0. The van der Waals surface area contributed by atoms with E-state index < -0.39 is 11.5 Å². The predicted molar refractivity (Wildman–Crippen MR) is 103 cm³/mol. The number of benzene rings is 1. The quantitative estimate of drug-likeness (QED) is 0.684. The average molecular weight is 421 g/mol. The van der Waals surface area contributed by atoms with Gasteiger partial charge < -0.3 is 5.11 Å². The molecule has 0 saturated carbocycles. The Kier molecular flexibility index (Phi) is 4.33. The summed E-state index contributed by atoms with van der Waals surface area (Å²) in [6, 6.07) is 7.70. The summed E-state index contributed by atoms with van der Waals surface area (Å²) in [6.45, 7) is 6.64. The summed E-state index contributed by atoms with van der Waals surface area (Å²) in [6.07, 6.45) is 0. The van der Waals surface area contributed by atoms with Crippen LogP contribution in [0.1, 0.15) is 24.5 Å². The number of hydrogen-bond acceptors (Lipinski definition) is 4. The van der Waals surface area contributed by atoms with E-state index in [1.54, 1.807) is 6.92 Å². The van der Waals surface area contributed by atoms with Gasteiger partial charge in [0.25, 0.3) is 5.56 Å². The van der Waals surface area contributed by atoms with Crippen molar-refractivity contribution < 1.29 is 9.90 Å². The standard InChI is InChI=1S/C18H17BrN2O3S/c1-9-13(11-5-7-12(19)8-6-11)14-15(25-9)20-10(2)21(16(14)22)18(3,4)17(23)24/h5-8H,1-4H3,(H,23,24). The monoisotopic (exact) mass is 420 g/mol. The molecule has 0 saturated heterocycles. The Hall–Kier alpha value is -1.99. The lowest BCUT2D eigenvalue weighted by atomic mass is 10.0. The van der Waals surface area contributed by atoms with Gasteiger partial charge in [0, 0.05) is 14.9 Å².